The number of rotatable bonds is 5. The molecule has 1 aliphatic rings. The van der Waals surface area contributed by atoms with E-state index in [1.165, 1.54) is 30.7 Å². The van der Waals surface area contributed by atoms with Crippen molar-refractivity contribution in [3.05, 3.63) is 29.8 Å². The van der Waals surface area contributed by atoms with Crippen LogP contribution in [0, 0.1) is 0 Å². The van der Waals surface area contributed by atoms with Gasteiger partial charge in [-0.05, 0) is 37.1 Å². The predicted octanol–water partition coefficient (Wildman–Crippen LogP) is 2.13. The molecule has 0 bridgehead atoms. The van der Waals surface area contributed by atoms with Crippen LogP contribution >= 0.6 is 0 Å². The number of hydrogen-bond acceptors (Lipinski definition) is 3. The van der Waals surface area contributed by atoms with Gasteiger partial charge in [0, 0.05) is 18.2 Å². The van der Waals surface area contributed by atoms with Crippen molar-refractivity contribution in [1.82, 2.24) is 4.31 Å². The van der Waals surface area contributed by atoms with Crippen LogP contribution in [-0.4, -0.2) is 31.2 Å². The molecule has 5 nitrogen and oxygen atoms in total. The highest BCUT2D eigenvalue weighted by atomic mass is 32.2. The lowest BCUT2D eigenvalue weighted by atomic mass is 9.95. The molecule has 0 unspecified atom stereocenters. The molecule has 1 amide bonds. The lowest BCUT2D eigenvalue weighted by Gasteiger charge is -2.32. The average Bonchev–Trinajstić information content (AvgIpc) is 2.49. The van der Waals surface area contributed by atoms with Gasteiger partial charge in [-0.25, -0.2) is 8.42 Å². The summed E-state index contributed by atoms with van der Waals surface area (Å²) in [6, 6.07) is 5.93. The van der Waals surface area contributed by atoms with Crippen LogP contribution in [0.1, 0.15) is 49.4 Å². The third-order valence-electron chi connectivity index (χ3n) is 4.04. The van der Waals surface area contributed by atoms with Crippen molar-refractivity contribution < 1.29 is 13.2 Å². The highest BCUT2D eigenvalue weighted by molar-refractivity contribution is 7.89. The Hall–Kier alpha value is -1.40. The number of primary amides is 1. The molecule has 1 saturated carbocycles. The molecule has 0 aliphatic heterocycles. The molecule has 0 heterocycles. The highest BCUT2D eigenvalue weighted by Crippen LogP contribution is 2.27. The Balaban J connectivity index is 2.27. The number of carbonyl (C=O) groups is 1. The summed E-state index contributed by atoms with van der Waals surface area (Å²) < 4.78 is 27.1. The first-order valence-corrected chi connectivity index (χ1v) is 8.82. The van der Waals surface area contributed by atoms with Crippen LogP contribution in [-0.2, 0) is 10.0 Å². The van der Waals surface area contributed by atoms with Crippen LogP contribution in [0.5, 0.6) is 0 Å². The highest BCUT2D eigenvalue weighted by Gasteiger charge is 2.30. The first-order chi connectivity index (χ1) is 9.96. The Morgan fingerprint density at radius 2 is 1.76 bits per heavy atom. The van der Waals surface area contributed by atoms with Crippen LogP contribution in [0.25, 0.3) is 0 Å². The Kier molecular flexibility index (Phi) is 5.00. The zero-order valence-electron chi connectivity index (χ0n) is 12.3. The fraction of sp³-hybridized carbons (Fsp3) is 0.533. The van der Waals surface area contributed by atoms with Crippen molar-refractivity contribution in [1.29, 1.82) is 0 Å². The minimum atomic E-state index is -3.51. The van der Waals surface area contributed by atoms with Gasteiger partial charge < -0.3 is 5.73 Å². The SMILES string of the molecule is CCN(C1CCCCC1)S(=O)(=O)c1ccc(C(N)=O)cc1. The standard InChI is InChI=1S/C15H22N2O3S/c1-2-17(13-6-4-3-5-7-13)21(19,20)14-10-8-12(9-11-14)15(16)18/h8-11,13H,2-7H2,1H3,(H2,16,18). The van der Waals surface area contributed by atoms with E-state index in [0.717, 1.165) is 25.7 Å². The van der Waals surface area contributed by atoms with Gasteiger partial charge in [0.25, 0.3) is 0 Å². The number of hydrogen-bond donors (Lipinski definition) is 1. The molecule has 0 saturated heterocycles. The van der Waals surface area contributed by atoms with E-state index < -0.39 is 15.9 Å². The van der Waals surface area contributed by atoms with Crippen molar-refractivity contribution in [2.75, 3.05) is 6.54 Å². The van der Waals surface area contributed by atoms with Crippen LogP contribution in [0.2, 0.25) is 0 Å². The second kappa shape index (κ2) is 6.58. The lowest BCUT2D eigenvalue weighted by molar-refractivity contribution is 0.1000. The maximum atomic E-state index is 12.8. The van der Waals surface area contributed by atoms with Gasteiger partial charge in [-0.1, -0.05) is 26.2 Å². The maximum Gasteiger partial charge on any atom is 0.248 e. The molecule has 1 aliphatic carbocycles. The van der Waals surface area contributed by atoms with Crippen molar-refractivity contribution in [2.24, 2.45) is 5.73 Å². The van der Waals surface area contributed by atoms with Crippen LogP contribution in [0.15, 0.2) is 29.2 Å². The summed E-state index contributed by atoms with van der Waals surface area (Å²) in [5.41, 5.74) is 5.49. The van der Waals surface area contributed by atoms with Gasteiger partial charge in [-0.15, -0.1) is 0 Å². The summed E-state index contributed by atoms with van der Waals surface area (Å²) in [6.45, 7) is 2.33. The number of carbonyl (C=O) groups excluding carboxylic acids is 1. The van der Waals surface area contributed by atoms with Gasteiger partial charge >= 0.3 is 0 Å². The molecule has 116 valence electrons. The summed E-state index contributed by atoms with van der Waals surface area (Å²) in [7, 11) is -3.51. The van der Waals surface area contributed by atoms with Gasteiger partial charge in [0.1, 0.15) is 0 Å². The van der Waals surface area contributed by atoms with E-state index in [9.17, 15) is 13.2 Å². The van der Waals surface area contributed by atoms with E-state index in [1.807, 2.05) is 6.92 Å². The normalized spacial score (nSPS) is 17.0. The largest absolute Gasteiger partial charge is 0.366 e. The zero-order valence-corrected chi connectivity index (χ0v) is 13.1. The summed E-state index contributed by atoms with van der Waals surface area (Å²) in [6.07, 6.45) is 5.19. The van der Waals surface area contributed by atoms with Crippen LogP contribution in [0.4, 0.5) is 0 Å². The molecule has 2 N–H and O–H groups in total. The smallest absolute Gasteiger partial charge is 0.248 e. The molecule has 6 heteroatoms. The summed E-state index contributed by atoms with van der Waals surface area (Å²) in [5, 5.41) is 0. The van der Waals surface area contributed by atoms with Crippen molar-refractivity contribution in [3.63, 3.8) is 0 Å². The Morgan fingerprint density at radius 3 is 2.24 bits per heavy atom. The van der Waals surface area contributed by atoms with E-state index in [0.29, 0.717) is 12.1 Å². The maximum absolute atomic E-state index is 12.8. The zero-order chi connectivity index (χ0) is 15.5. The molecular weight excluding hydrogens is 288 g/mol. The van der Waals surface area contributed by atoms with E-state index >= 15 is 0 Å². The molecule has 1 aromatic rings. The van der Waals surface area contributed by atoms with Crippen molar-refractivity contribution in [3.8, 4) is 0 Å². The average molecular weight is 310 g/mol. The van der Waals surface area contributed by atoms with Crippen LogP contribution in [0.3, 0.4) is 0 Å². The van der Waals surface area contributed by atoms with E-state index in [-0.39, 0.29) is 10.9 Å². The minimum Gasteiger partial charge on any atom is -0.366 e. The van der Waals surface area contributed by atoms with E-state index in [1.54, 1.807) is 4.31 Å². The topological polar surface area (TPSA) is 80.5 Å². The molecule has 0 aromatic heterocycles. The number of sulfonamides is 1. The van der Waals surface area contributed by atoms with Gasteiger partial charge in [-0.2, -0.15) is 4.31 Å². The van der Waals surface area contributed by atoms with Gasteiger partial charge in [0.15, 0.2) is 0 Å². The number of amides is 1. The van der Waals surface area contributed by atoms with Gasteiger partial charge in [-0.3, -0.25) is 4.79 Å². The molecule has 21 heavy (non-hydrogen) atoms. The number of nitrogens with zero attached hydrogens (tertiary/aromatic N) is 1. The van der Waals surface area contributed by atoms with Crippen LogP contribution < -0.4 is 5.73 Å². The first kappa shape index (κ1) is 16.0. The van der Waals surface area contributed by atoms with Crippen molar-refractivity contribution in [2.45, 2.75) is 50.0 Å². The number of benzene rings is 1. The summed E-state index contributed by atoms with van der Waals surface area (Å²) in [5.74, 6) is -0.557. The third kappa shape index (κ3) is 3.44. The second-order valence-electron chi connectivity index (χ2n) is 5.39. The third-order valence-corrected chi connectivity index (χ3v) is 6.08. The monoisotopic (exact) mass is 310 g/mol. The molecular formula is C15H22N2O3S. The molecule has 0 atom stereocenters. The van der Waals surface area contributed by atoms with Gasteiger partial charge in [0.05, 0.1) is 4.90 Å². The molecule has 0 radical (unpaired) electrons. The molecule has 0 spiro atoms. The van der Waals surface area contributed by atoms with Gasteiger partial charge in [0.2, 0.25) is 15.9 Å². The Morgan fingerprint density at radius 1 is 1.19 bits per heavy atom. The summed E-state index contributed by atoms with van der Waals surface area (Å²) >= 11 is 0. The van der Waals surface area contributed by atoms with E-state index in [4.69, 9.17) is 5.73 Å². The molecule has 1 fully saturated rings. The second-order valence-corrected chi connectivity index (χ2v) is 7.28. The first-order valence-electron chi connectivity index (χ1n) is 7.38. The van der Waals surface area contributed by atoms with E-state index in [2.05, 4.69) is 0 Å². The van der Waals surface area contributed by atoms with Crippen molar-refractivity contribution >= 4 is 15.9 Å². The number of nitrogens with two attached hydrogens (primary N) is 1. The predicted molar refractivity (Wildman–Crippen MR) is 81.4 cm³/mol. The molecule has 1 aromatic carbocycles. The lowest BCUT2D eigenvalue weighted by Crippen LogP contribution is -2.41. The Labute approximate surface area is 126 Å². The minimum absolute atomic E-state index is 0.0876. The fourth-order valence-corrected chi connectivity index (χ4v) is 4.61. The Bertz CT molecular complexity index is 590. The fourth-order valence-electron chi connectivity index (χ4n) is 2.92. The molecule has 2 rings (SSSR count). The summed E-state index contributed by atoms with van der Waals surface area (Å²) in [4.78, 5) is 11.3. The quantitative estimate of drug-likeness (QED) is 0.904.